The van der Waals surface area contributed by atoms with Crippen LogP contribution in [0.4, 0.5) is 0 Å². The molecule has 2 rings (SSSR count). The zero-order chi connectivity index (χ0) is 14.2. The lowest BCUT2D eigenvalue weighted by Gasteiger charge is -2.13. The maximum absolute atomic E-state index is 8.94. The minimum absolute atomic E-state index is 0.189. The van der Waals surface area contributed by atoms with Crippen molar-refractivity contribution in [3.8, 4) is 0 Å². The Labute approximate surface area is 119 Å². The summed E-state index contributed by atoms with van der Waals surface area (Å²) in [6.45, 7) is 2.82. The van der Waals surface area contributed by atoms with Crippen LogP contribution in [0.25, 0.3) is 0 Å². The second-order valence-corrected chi connectivity index (χ2v) is 4.77. The SMILES string of the molecule is CCC(CCO)NCc1nc(Cc2ccccc2)no1. The zero-order valence-electron chi connectivity index (χ0n) is 11.7. The van der Waals surface area contributed by atoms with Gasteiger partial charge in [0.05, 0.1) is 6.54 Å². The lowest BCUT2D eigenvalue weighted by atomic mass is 10.1. The summed E-state index contributed by atoms with van der Waals surface area (Å²) in [6, 6.07) is 10.4. The second-order valence-electron chi connectivity index (χ2n) is 4.77. The van der Waals surface area contributed by atoms with Crippen LogP contribution in [-0.4, -0.2) is 27.9 Å². The van der Waals surface area contributed by atoms with Crippen molar-refractivity contribution in [3.05, 3.63) is 47.6 Å². The molecule has 5 heteroatoms. The number of hydrogen-bond donors (Lipinski definition) is 2. The summed E-state index contributed by atoms with van der Waals surface area (Å²) in [4.78, 5) is 4.37. The van der Waals surface area contributed by atoms with Gasteiger partial charge in [0.1, 0.15) is 0 Å². The molecule has 1 atom stereocenters. The summed E-state index contributed by atoms with van der Waals surface area (Å²) in [5.41, 5.74) is 1.17. The molecule has 2 aromatic rings. The average molecular weight is 275 g/mol. The Kier molecular flexibility index (Phi) is 5.70. The monoisotopic (exact) mass is 275 g/mol. The third-order valence-electron chi connectivity index (χ3n) is 3.23. The molecule has 0 radical (unpaired) electrons. The Balaban J connectivity index is 1.86. The van der Waals surface area contributed by atoms with Gasteiger partial charge in [-0.25, -0.2) is 0 Å². The van der Waals surface area contributed by atoms with Gasteiger partial charge in [0.2, 0.25) is 5.89 Å². The highest BCUT2D eigenvalue weighted by atomic mass is 16.5. The van der Waals surface area contributed by atoms with Gasteiger partial charge in [-0.2, -0.15) is 4.98 Å². The van der Waals surface area contributed by atoms with Crippen LogP contribution in [0.1, 0.15) is 37.0 Å². The van der Waals surface area contributed by atoms with Gasteiger partial charge in [0, 0.05) is 19.1 Å². The van der Waals surface area contributed by atoms with Crippen molar-refractivity contribution in [2.45, 2.75) is 38.8 Å². The Hall–Kier alpha value is -1.72. The van der Waals surface area contributed by atoms with Crippen LogP contribution in [0.5, 0.6) is 0 Å². The van der Waals surface area contributed by atoms with Crippen LogP contribution in [0.3, 0.4) is 0 Å². The molecule has 0 saturated heterocycles. The van der Waals surface area contributed by atoms with Crippen molar-refractivity contribution in [3.63, 3.8) is 0 Å². The fourth-order valence-corrected chi connectivity index (χ4v) is 2.05. The van der Waals surface area contributed by atoms with E-state index in [2.05, 4.69) is 22.4 Å². The van der Waals surface area contributed by atoms with Crippen LogP contribution in [0, 0.1) is 0 Å². The number of nitrogens with zero attached hydrogens (tertiary/aromatic N) is 2. The van der Waals surface area contributed by atoms with E-state index < -0.39 is 0 Å². The van der Waals surface area contributed by atoms with Crippen molar-refractivity contribution < 1.29 is 9.63 Å². The highest BCUT2D eigenvalue weighted by Gasteiger charge is 2.10. The first-order valence-electron chi connectivity index (χ1n) is 7.01. The van der Waals surface area contributed by atoms with Crippen molar-refractivity contribution in [2.24, 2.45) is 0 Å². The number of hydrogen-bond acceptors (Lipinski definition) is 5. The van der Waals surface area contributed by atoms with E-state index in [4.69, 9.17) is 9.63 Å². The largest absolute Gasteiger partial charge is 0.396 e. The van der Waals surface area contributed by atoms with Crippen LogP contribution in [-0.2, 0) is 13.0 Å². The topological polar surface area (TPSA) is 71.2 Å². The summed E-state index contributed by atoms with van der Waals surface area (Å²) >= 11 is 0. The first kappa shape index (κ1) is 14.7. The number of rotatable bonds is 8. The van der Waals surface area contributed by atoms with Gasteiger partial charge in [-0.1, -0.05) is 42.4 Å². The van der Waals surface area contributed by atoms with E-state index >= 15 is 0 Å². The number of aliphatic hydroxyl groups is 1. The highest BCUT2D eigenvalue weighted by molar-refractivity contribution is 5.18. The molecule has 0 aliphatic carbocycles. The Bertz CT molecular complexity index is 499. The van der Waals surface area contributed by atoms with Crippen molar-refractivity contribution >= 4 is 0 Å². The molecule has 1 unspecified atom stereocenters. The molecular formula is C15H21N3O2. The molecule has 5 nitrogen and oxygen atoms in total. The third kappa shape index (κ3) is 4.43. The van der Waals surface area contributed by atoms with Crippen molar-refractivity contribution in [1.82, 2.24) is 15.5 Å². The predicted molar refractivity (Wildman–Crippen MR) is 76.2 cm³/mol. The van der Waals surface area contributed by atoms with E-state index in [1.54, 1.807) is 0 Å². The first-order chi connectivity index (χ1) is 9.81. The quantitative estimate of drug-likeness (QED) is 0.770. The standard InChI is InChI=1S/C15H21N3O2/c1-2-13(8-9-19)16-11-15-17-14(18-20-15)10-12-6-4-3-5-7-12/h3-7,13,16,19H,2,8-11H2,1H3. The summed E-state index contributed by atoms with van der Waals surface area (Å²) in [6.07, 6.45) is 2.38. The second kappa shape index (κ2) is 7.77. The summed E-state index contributed by atoms with van der Waals surface area (Å²) in [5.74, 6) is 1.29. The number of aliphatic hydroxyl groups excluding tert-OH is 1. The summed E-state index contributed by atoms with van der Waals surface area (Å²) in [5, 5.41) is 16.2. The van der Waals surface area contributed by atoms with Gasteiger partial charge < -0.3 is 14.9 Å². The molecule has 0 bridgehead atoms. The molecule has 0 amide bonds. The third-order valence-corrected chi connectivity index (χ3v) is 3.23. The van der Waals surface area contributed by atoms with E-state index in [1.165, 1.54) is 5.56 Å². The molecule has 0 aliphatic heterocycles. The Morgan fingerprint density at radius 3 is 2.80 bits per heavy atom. The molecular weight excluding hydrogens is 254 g/mol. The molecule has 1 heterocycles. The van der Waals surface area contributed by atoms with Crippen LogP contribution in [0.2, 0.25) is 0 Å². The molecule has 2 N–H and O–H groups in total. The summed E-state index contributed by atoms with van der Waals surface area (Å²) < 4.78 is 5.22. The van der Waals surface area contributed by atoms with Crippen LogP contribution in [0.15, 0.2) is 34.9 Å². The number of nitrogens with one attached hydrogen (secondary N) is 1. The first-order valence-corrected chi connectivity index (χ1v) is 7.01. The van der Waals surface area contributed by atoms with Crippen LogP contribution >= 0.6 is 0 Å². The predicted octanol–water partition coefficient (Wildman–Crippen LogP) is 1.91. The Morgan fingerprint density at radius 2 is 2.10 bits per heavy atom. The van der Waals surface area contributed by atoms with Crippen LogP contribution < -0.4 is 5.32 Å². The van der Waals surface area contributed by atoms with Gasteiger partial charge in [-0.3, -0.25) is 0 Å². The Morgan fingerprint density at radius 1 is 1.30 bits per heavy atom. The number of benzene rings is 1. The maximum atomic E-state index is 8.94. The van der Waals surface area contributed by atoms with E-state index in [0.717, 1.165) is 12.8 Å². The van der Waals surface area contributed by atoms with Gasteiger partial charge in [0.25, 0.3) is 0 Å². The van der Waals surface area contributed by atoms with E-state index in [-0.39, 0.29) is 12.6 Å². The fraction of sp³-hybridized carbons (Fsp3) is 0.467. The van der Waals surface area contributed by atoms with Gasteiger partial charge >= 0.3 is 0 Å². The fourth-order valence-electron chi connectivity index (χ4n) is 2.05. The molecule has 20 heavy (non-hydrogen) atoms. The van der Waals surface area contributed by atoms with E-state index in [9.17, 15) is 0 Å². The maximum Gasteiger partial charge on any atom is 0.240 e. The molecule has 108 valence electrons. The normalized spacial score (nSPS) is 12.5. The van der Waals surface area contributed by atoms with Gasteiger partial charge in [-0.05, 0) is 18.4 Å². The molecule has 0 saturated carbocycles. The molecule has 1 aromatic carbocycles. The van der Waals surface area contributed by atoms with Gasteiger partial charge in [0.15, 0.2) is 5.82 Å². The molecule has 0 aliphatic rings. The van der Waals surface area contributed by atoms with E-state index in [0.29, 0.717) is 24.7 Å². The highest BCUT2D eigenvalue weighted by Crippen LogP contribution is 2.07. The average Bonchev–Trinajstić information content (AvgIpc) is 2.92. The molecule has 0 spiro atoms. The van der Waals surface area contributed by atoms with E-state index in [1.807, 2.05) is 30.3 Å². The van der Waals surface area contributed by atoms with Crippen molar-refractivity contribution in [1.29, 1.82) is 0 Å². The lowest BCUT2D eigenvalue weighted by Crippen LogP contribution is -2.28. The minimum Gasteiger partial charge on any atom is -0.396 e. The number of aromatic nitrogens is 2. The smallest absolute Gasteiger partial charge is 0.240 e. The molecule has 1 aromatic heterocycles. The van der Waals surface area contributed by atoms with Crippen molar-refractivity contribution in [2.75, 3.05) is 6.61 Å². The lowest BCUT2D eigenvalue weighted by molar-refractivity contribution is 0.257. The zero-order valence-corrected chi connectivity index (χ0v) is 11.7. The van der Waals surface area contributed by atoms with Gasteiger partial charge in [-0.15, -0.1) is 0 Å². The molecule has 0 fully saturated rings. The summed E-state index contributed by atoms with van der Waals surface area (Å²) in [7, 11) is 0. The minimum atomic E-state index is 0.189.